The maximum absolute atomic E-state index is 11.9. The lowest BCUT2D eigenvalue weighted by molar-refractivity contribution is -0.116. The van der Waals surface area contributed by atoms with Crippen LogP contribution >= 0.6 is 0 Å². The molecule has 2 aromatic rings. The molecule has 1 aromatic carbocycles. The lowest BCUT2D eigenvalue weighted by Crippen LogP contribution is -2.11. The number of aromatic nitrogens is 1. The van der Waals surface area contributed by atoms with Gasteiger partial charge in [-0.05, 0) is 38.0 Å². The summed E-state index contributed by atoms with van der Waals surface area (Å²) in [6, 6.07) is 9.34. The van der Waals surface area contributed by atoms with Crippen molar-refractivity contribution in [3.05, 3.63) is 48.2 Å². The van der Waals surface area contributed by atoms with Gasteiger partial charge in [0.2, 0.25) is 5.91 Å². The number of rotatable bonds is 5. The van der Waals surface area contributed by atoms with E-state index in [2.05, 4.69) is 10.3 Å². The molecule has 0 unspecified atom stereocenters. The predicted molar refractivity (Wildman–Crippen MR) is 79.3 cm³/mol. The summed E-state index contributed by atoms with van der Waals surface area (Å²) in [6.45, 7) is 1.86. The second kappa shape index (κ2) is 6.92. The van der Waals surface area contributed by atoms with Gasteiger partial charge >= 0.3 is 0 Å². The third-order valence-electron chi connectivity index (χ3n) is 3.02. The number of hydrogen-bond donors (Lipinski definition) is 1. The minimum absolute atomic E-state index is 0.182. The Morgan fingerprint density at radius 2 is 2.10 bits per heavy atom. The summed E-state index contributed by atoms with van der Waals surface area (Å²) < 4.78 is 23.8. The molecule has 1 amide bonds. The minimum atomic E-state index is -1.70. The largest absolute Gasteiger partial charge is 0.325 e. The molecule has 110 valence electrons. The Kier molecular flexibility index (Phi) is 4.98. The topological polar surface area (TPSA) is 42.0 Å². The molecule has 1 N–H and O–H groups in total. The van der Waals surface area contributed by atoms with Crippen LogP contribution in [0.2, 0.25) is 0 Å². The SMILES string of the molecule is Cc1cc(NC(=O)CCCC=C(F)F)c2ccccc2n1. The maximum atomic E-state index is 11.9. The van der Waals surface area contributed by atoms with E-state index in [9.17, 15) is 13.6 Å². The second-order valence-electron chi connectivity index (χ2n) is 4.76. The molecule has 0 aliphatic heterocycles. The third-order valence-corrected chi connectivity index (χ3v) is 3.02. The number of aryl methyl sites for hydroxylation is 1. The number of hydrogen-bond acceptors (Lipinski definition) is 2. The van der Waals surface area contributed by atoms with Crippen LogP contribution in [-0.2, 0) is 4.79 Å². The van der Waals surface area contributed by atoms with Crippen LogP contribution in [0.4, 0.5) is 14.5 Å². The van der Waals surface area contributed by atoms with E-state index in [0.29, 0.717) is 12.1 Å². The lowest BCUT2D eigenvalue weighted by atomic mass is 10.1. The van der Waals surface area contributed by atoms with E-state index in [-0.39, 0.29) is 18.7 Å². The summed E-state index contributed by atoms with van der Waals surface area (Å²) in [7, 11) is 0. The van der Waals surface area contributed by atoms with Crippen LogP contribution < -0.4 is 5.32 Å². The molecule has 0 saturated carbocycles. The molecule has 2 rings (SSSR count). The number of nitrogens with zero attached hydrogens (tertiary/aromatic N) is 1. The number of carbonyl (C=O) groups is 1. The van der Waals surface area contributed by atoms with Gasteiger partial charge < -0.3 is 5.32 Å². The summed E-state index contributed by atoms with van der Waals surface area (Å²) in [5.74, 6) is -0.182. The molecular formula is C16H16F2N2O. The van der Waals surface area contributed by atoms with Crippen LogP contribution in [-0.4, -0.2) is 10.9 Å². The van der Waals surface area contributed by atoms with E-state index in [1.54, 1.807) is 6.07 Å². The Labute approximate surface area is 121 Å². The highest BCUT2D eigenvalue weighted by Crippen LogP contribution is 2.23. The summed E-state index contributed by atoms with van der Waals surface area (Å²) in [4.78, 5) is 16.3. The van der Waals surface area contributed by atoms with Gasteiger partial charge in [-0.25, -0.2) is 0 Å². The Bertz CT molecular complexity index is 679. The fourth-order valence-corrected chi connectivity index (χ4v) is 2.10. The number of para-hydroxylation sites is 1. The monoisotopic (exact) mass is 290 g/mol. The Morgan fingerprint density at radius 3 is 2.86 bits per heavy atom. The van der Waals surface area contributed by atoms with Crippen molar-refractivity contribution >= 4 is 22.5 Å². The van der Waals surface area contributed by atoms with Gasteiger partial charge in [0, 0.05) is 17.5 Å². The van der Waals surface area contributed by atoms with Crippen molar-refractivity contribution in [1.29, 1.82) is 0 Å². The zero-order valence-electron chi connectivity index (χ0n) is 11.7. The number of pyridine rings is 1. The summed E-state index contributed by atoms with van der Waals surface area (Å²) in [6.07, 6.45) is -0.0679. The average molecular weight is 290 g/mol. The summed E-state index contributed by atoms with van der Waals surface area (Å²) in [5, 5.41) is 3.69. The van der Waals surface area contributed by atoms with Gasteiger partial charge in [0.05, 0.1) is 11.2 Å². The van der Waals surface area contributed by atoms with E-state index < -0.39 is 6.08 Å². The van der Waals surface area contributed by atoms with Gasteiger partial charge in [-0.3, -0.25) is 9.78 Å². The summed E-state index contributed by atoms with van der Waals surface area (Å²) in [5.41, 5.74) is 2.33. The fraction of sp³-hybridized carbons (Fsp3) is 0.250. The second-order valence-corrected chi connectivity index (χ2v) is 4.76. The maximum Gasteiger partial charge on any atom is 0.266 e. The standard InChI is InChI=1S/C16H16F2N2O/c1-11-10-14(12-6-2-3-7-13(12)19-11)20-16(21)9-5-4-8-15(17)18/h2-3,6-8,10H,4-5,9H2,1H3,(H,19,20,21). The van der Waals surface area contributed by atoms with Crippen LogP contribution in [0.15, 0.2) is 42.5 Å². The van der Waals surface area contributed by atoms with Crippen LogP contribution in [0.3, 0.4) is 0 Å². The number of fused-ring (bicyclic) bond motifs is 1. The first kappa shape index (κ1) is 15.1. The molecule has 1 aromatic heterocycles. The zero-order chi connectivity index (χ0) is 15.2. The molecule has 0 radical (unpaired) electrons. The van der Waals surface area contributed by atoms with Crippen LogP contribution in [0.5, 0.6) is 0 Å². The Balaban J connectivity index is 2.05. The van der Waals surface area contributed by atoms with E-state index in [1.165, 1.54) is 0 Å². The molecule has 21 heavy (non-hydrogen) atoms. The highest BCUT2D eigenvalue weighted by molar-refractivity contribution is 6.00. The molecule has 0 bridgehead atoms. The lowest BCUT2D eigenvalue weighted by Gasteiger charge is -2.09. The van der Waals surface area contributed by atoms with Gasteiger partial charge in [0.25, 0.3) is 6.08 Å². The smallest absolute Gasteiger partial charge is 0.266 e. The van der Waals surface area contributed by atoms with Gasteiger partial charge in [0.15, 0.2) is 0 Å². The van der Waals surface area contributed by atoms with Crippen molar-refractivity contribution in [3.8, 4) is 0 Å². The molecule has 0 atom stereocenters. The van der Waals surface area contributed by atoms with Crippen molar-refractivity contribution in [1.82, 2.24) is 4.98 Å². The summed E-state index contributed by atoms with van der Waals surface area (Å²) >= 11 is 0. The van der Waals surface area contributed by atoms with Crippen molar-refractivity contribution < 1.29 is 13.6 Å². The molecule has 1 heterocycles. The number of allylic oxidation sites excluding steroid dienone is 1. The molecule has 0 aliphatic carbocycles. The molecule has 3 nitrogen and oxygen atoms in total. The molecule has 0 saturated heterocycles. The highest BCUT2D eigenvalue weighted by Gasteiger charge is 2.07. The van der Waals surface area contributed by atoms with Gasteiger partial charge in [-0.1, -0.05) is 18.2 Å². The first-order valence-electron chi connectivity index (χ1n) is 6.73. The number of halogens is 2. The minimum Gasteiger partial charge on any atom is -0.325 e. The molecule has 0 spiro atoms. The molecule has 0 fully saturated rings. The number of nitrogens with one attached hydrogen (secondary N) is 1. The average Bonchev–Trinajstić information content (AvgIpc) is 2.43. The van der Waals surface area contributed by atoms with E-state index in [4.69, 9.17) is 0 Å². The molecule has 0 aliphatic rings. The normalized spacial score (nSPS) is 10.4. The van der Waals surface area contributed by atoms with Crippen LogP contribution in [0.25, 0.3) is 10.9 Å². The first-order valence-corrected chi connectivity index (χ1v) is 6.73. The zero-order valence-corrected chi connectivity index (χ0v) is 11.7. The Morgan fingerprint density at radius 1 is 1.33 bits per heavy atom. The predicted octanol–water partition coefficient (Wildman–Crippen LogP) is 4.43. The fourth-order valence-electron chi connectivity index (χ4n) is 2.10. The molecular weight excluding hydrogens is 274 g/mol. The van der Waals surface area contributed by atoms with E-state index >= 15 is 0 Å². The number of anilines is 1. The quantitative estimate of drug-likeness (QED) is 0.827. The van der Waals surface area contributed by atoms with Crippen molar-refractivity contribution in [2.45, 2.75) is 26.2 Å². The van der Waals surface area contributed by atoms with Crippen molar-refractivity contribution in [3.63, 3.8) is 0 Å². The first-order chi connectivity index (χ1) is 10.1. The number of benzene rings is 1. The number of carbonyl (C=O) groups excluding carboxylic acids is 1. The molecule has 5 heteroatoms. The van der Waals surface area contributed by atoms with Crippen LogP contribution in [0, 0.1) is 6.92 Å². The van der Waals surface area contributed by atoms with Crippen molar-refractivity contribution in [2.75, 3.05) is 5.32 Å². The van der Waals surface area contributed by atoms with Gasteiger partial charge in [-0.2, -0.15) is 8.78 Å². The van der Waals surface area contributed by atoms with Gasteiger partial charge in [-0.15, -0.1) is 0 Å². The van der Waals surface area contributed by atoms with Gasteiger partial charge in [0.1, 0.15) is 0 Å². The van der Waals surface area contributed by atoms with Crippen molar-refractivity contribution in [2.24, 2.45) is 0 Å². The highest BCUT2D eigenvalue weighted by atomic mass is 19.3. The Hall–Kier alpha value is -2.30. The van der Waals surface area contributed by atoms with E-state index in [0.717, 1.165) is 22.7 Å². The number of amides is 1. The van der Waals surface area contributed by atoms with Crippen LogP contribution in [0.1, 0.15) is 25.0 Å². The van der Waals surface area contributed by atoms with E-state index in [1.807, 2.05) is 31.2 Å². The third kappa shape index (κ3) is 4.34. The number of unbranched alkanes of at least 4 members (excludes halogenated alkanes) is 1.